The number of H-pyrrole nitrogens is 1. The van der Waals surface area contributed by atoms with Crippen LogP contribution in [0.4, 0.5) is 11.5 Å². The lowest BCUT2D eigenvalue weighted by Crippen LogP contribution is -2.44. The third-order valence-corrected chi connectivity index (χ3v) is 6.18. The van der Waals surface area contributed by atoms with Gasteiger partial charge in [-0.25, -0.2) is 9.97 Å². The fourth-order valence-corrected chi connectivity index (χ4v) is 4.41. The van der Waals surface area contributed by atoms with Crippen LogP contribution in [0.25, 0.3) is 22.2 Å². The van der Waals surface area contributed by atoms with Crippen molar-refractivity contribution in [3.8, 4) is 11.3 Å². The summed E-state index contributed by atoms with van der Waals surface area (Å²) in [6.45, 7) is 4.38. The molecular formula is C25H26N6O. The third-order valence-electron chi connectivity index (χ3n) is 6.18. The average molecular weight is 427 g/mol. The first-order valence-electron chi connectivity index (χ1n) is 11.0. The zero-order valence-electron chi connectivity index (χ0n) is 18.2. The highest BCUT2D eigenvalue weighted by atomic mass is 16.2. The summed E-state index contributed by atoms with van der Waals surface area (Å²) in [4.78, 5) is 31.3. The number of piperidine rings is 1. The normalized spacial score (nSPS) is 18.6. The summed E-state index contributed by atoms with van der Waals surface area (Å²) in [5.41, 5.74) is 3.81. The largest absolute Gasteiger partial charge is 0.361 e. The zero-order valence-corrected chi connectivity index (χ0v) is 18.2. The van der Waals surface area contributed by atoms with Crippen molar-refractivity contribution < 1.29 is 4.79 Å². The highest BCUT2D eigenvalue weighted by Gasteiger charge is 2.30. The molecule has 0 unspecified atom stereocenters. The molecule has 5 rings (SSSR count). The smallest absolute Gasteiger partial charge is 0.219 e. The minimum absolute atomic E-state index is 0.0967. The number of fused-ring (bicyclic) bond motifs is 1. The van der Waals surface area contributed by atoms with Crippen LogP contribution in [0, 0.1) is 0 Å². The predicted octanol–water partition coefficient (Wildman–Crippen LogP) is 4.88. The number of anilines is 2. The van der Waals surface area contributed by atoms with E-state index < -0.39 is 0 Å². The molecule has 0 spiro atoms. The van der Waals surface area contributed by atoms with E-state index >= 15 is 0 Å². The van der Waals surface area contributed by atoms with Gasteiger partial charge in [0.2, 0.25) is 5.91 Å². The number of nitrogens with one attached hydrogen (secondary N) is 2. The van der Waals surface area contributed by atoms with Crippen LogP contribution >= 0.6 is 0 Å². The minimum Gasteiger partial charge on any atom is -0.361 e. The van der Waals surface area contributed by atoms with Crippen molar-refractivity contribution in [1.82, 2.24) is 24.8 Å². The molecule has 1 aromatic carbocycles. The minimum atomic E-state index is 0.0967. The van der Waals surface area contributed by atoms with Gasteiger partial charge in [0.1, 0.15) is 11.6 Å². The van der Waals surface area contributed by atoms with Crippen LogP contribution in [0.2, 0.25) is 0 Å². The lowest BCUT2D eigenvalue weighted by molar-refractivity contribution is -0.132. The number of rotatable bonds is 4. The van der Waals surface area contributed by atoms with Gasteiger partial charge in [0.25, 0.3) is 0 Å². The van der Waals surface area contributed by atoms with Crippen LogP contribution in [0.3, 0.4) is 0 Å². The lowest BCUT2D eigenvalue weighted by atomic mass is 9.92. The molecule has 3 aromatic heterocycles. The monoisotopic (exact) mass is 426 g/mol. The fourth-order valence-electron chi connectivity index (χ4n) is 4.41. The maximum atomic E-state index is 12.1. The first-order valence-corrected chi connectivity index (χ1v) is 11.0. The Labute approximate surface area is 186 Å². The van der Waals surface area contributed by atoms with Crippen molar-refractivity contribution in [2.24, 2.45) is 0 Å². The quantitative estimate of drug-likeness (QED) is 0.486. The van der Waals surface area contributed by atoms with E-state index in [0.717, 1.165) is 52.3 Å². The van der Waals surface area contributed by atoms with Gasteiger partial charge in [-0.15, -0.1) is 0 Å². The topological polar surface area (TPSA) is 86.8 Å². The molecule has 0 radical (unpaired) electrons. The molecule has 1 amide bonds. The van der Waals surface area contributed by atoms with E-state index in [1.807, 2.05) is 47.6 Å². The average Bonchev–Trinajstić information content (AvgIpc) is 3.27. The molecule has 7 heteroatoms. The molecule has 7 nitrogen and oxygen atoms in total. The van der Waals surface area contributed by atoms with E-state index in [-0.39, 0.29) is 17.9 Å². The molecule has 4 heterocycles. The van der Waals surface area contributed by atoms with Gasteiger partial charge in [-0.2, -0.15) is 0 Å². The molecule has 162 valence electrons. The molecule has 0 bridgehead atoms. The highest BCUT2D eigenvalue weighted by Crippen LogP contribution is 2.31. The molecule has 1 saturated heterocycles. The van der Waals surface area contributed by atoms with Crippen molar-refractivity contribution in [3.05, 3.63) is 66.9 Å². The number of nitrogens with zero attached hydrogens (tertiary/aromatic N) is 4. The van der Waals surface area contributed by atoms with Crippen molar-refractivity contribution in [2.45, 2.75) is 38.6 Å². The second kappa shape index (κ2) is 8.42. The summed E-state index contributed by atoms with van der Waals surface area (Å²) < 4.78 is 0. The van der Waals surface area contributed by atoms with Crippen molar-refractivity contribution in [2.75, 3.05) is 11.9 Å². The third kappa shape index (κ3) is 4.06. The summed E-state index contributed by atoms with van der Waals surface area (Å²) >= 11 is 0. The number of pyridine rings is 1. The number of amides is 1. The molecule has 1 aliphatic heterocycles. The number of benzene rings is 1. The Morgan fingerprint density at radius 2 is 2.06 bits per heavy atom. The first-order chi connectivity index (χ1) is 15.6. The number of carbonyl (C=O) groups excluding carboxylic acids is 1. The second-order valence-corrected chi connectivity index (χ2v) is 8.44. The van der Waals surface area contributed by atoms with E-state index in [2.05, 4.69) is 34.3 Å². The van der Waals surface area contributed by atoms with Gasteiger partial charge < -0.3 is 15.2 Å². The second-order valence-electron chi connectivity index (χ2n) is 8.44. The van der Waals surface area contributed by atoms with Gasteiger partial charge in [-0.1, -0.05) is 0 Å². The Morgan fingerprint density at radius 3 is 2.88 bits per heavy atom. The van der Waals surface area contributed by atoms with Crippen LogP contribution in [0.5, 0.6) is 0 Å². The molecule has 2 N–H and O–H groups in total. The number of aromatic amines is 1. The molecule has 1 aliphatic rings. The van der Waals surface area contributed by atoms with E-state index in [4.69, 9.17) is 9.97 Å². The van der Waals surface area contributed by atoms with E-state index in [1.54, 1.807) is 13.1 Å². The number of carbonyl (C=O) groups is 1. The Hall–Kier alpha value is -3.74. The van der Waals surface area contributed by atoms with Crippen LogP contribution in [-0.4, -0.2) is 43.3 Å². The number of hydrogen-bond acceptors (Lipinski definition) is 5. The van der Waals surface area contributed by atoms with Crippen LogP contribution < -0.4 is 5.32 Å². The molecule has 4 aromatic rings. The zero-order chi connectivity index (χ0) is 22.1. The highest BCUT2D eigenvalue weighted by molar-refractivity contribution is 5.84. The van der Waals surface area contributed by atoms with Crippen molar-refractivity contribution in [3.63, 3.8) is 0 Å². The summed E-state index contributed by atoms with van der Waals surface area (Å²) in [6, 6.07) is 14.3. The van der Waals surface area contributed by atoms with Gasteiger partial charge in [0.05, 0.1) is 5.69 Å². The van der Waals surface area contributed by atoms with Gasteiger partial charge in [0.15, 0.2) is 0 Å². The molecule has 32 heavy (non-hydrogen) atoms. The van der Waals surface area contributed by atoms with Crippen LogP contribution in [0.1, 0.15) is 38.4 Å². The summed E-state index contributed by atoms with van der Waals surface area (Å²) in [6.07, 6.45) is 7.40. The van der Waals surface area contributed by atoms with Crippen molar-refractivity contribution >= 4 is 28.3 Å². The standard InChI is InChI=1S/C25H26N6O/c1-16-5-6-20(15-31(16)17(2)32)25-29-23(19-4-3-10-26-14-19)13-24(30-25)28-21-7-8-22-18(12-21)9-11-27-22/h3-4,7-14,16,20,27H,5-6,15H2,1-2H3,(H,28,29,30)/t16-,20+/m0/s1. The van der Waals surface area contributed by atoms with Gasteiger partial charge in [-0.05, 0) is 56.2 Å². The number of likely N-dealkylation sites (tertiary alicyclic amines) is 1. The van der Waals surface area contributed by atoms with E-state index in [0.29, 0.717) is 6.54 Å². The Kier molecular flexibility index (Phi) is 5.31. The maximum Gasteiger partial charge on any atom is 0.219 e. The molecule has 2 atom stereocenters. The van der Waals surface area contributed by atoms with Gasteiger partial charge in [0, 0.05) is 72.2 Å². The maximum absolute atomic E-state index is 12.1. The summed E-state index contributed by atoms with van der Waals surface area (Å²) in [5, 5.41) is 4.59. The predicted molar refractivity (Wildman–Crippen MR) is 126 cm³/mol. The molecule has 0 saturated carbocycles. The van der Waals surface area contributed by atoms with E-state index in [1.165, 1.54) is 0 Å². The SMILES string of the molecule is CC(=O)N1C[C@H](c2nc(Nc3ccc4[nH]ccc4c3)cc(-c3cccnc3)n2)CC[C@@H]1C. The van der Waals surface area contributed by atoms with Crippen molar-refractivity contribution in [1.29, 1.82) is 0 Å². The summed E-state index contributed by atoms with van der Waals surface area (Å²) in [7, 11) is 0. The Bertz CT molecular complexity index is 1250. The summed E-state index contributed by atoms with van der Waals surface area (Å²) in [5.74, 6) is 1.69. The lowest BCUT2D eigenvalue weighted by Gasteiger charge is -2.37. The first kappa shape index (κ1) is 20.2. The van der Waals surface area contributed by atoms with Crippen LogP contribution in [0.15, 0.2) is 61.1 Å². The molecular weight excluding hydrogens is 400 g/mol. The van der Waals surface area contributed by atoms with Gasteiger partial charge >= 0.3 is 0 Å². The molecule has 1 fully saturated rings. The number of hydrogen-bond donors (Lipinski definition) is 2. The Morgan fingerprint density at radius 1 is 1.16 bits per heavy atom. The molecule has 0 aliphatic carbocycles. The fraction of sp³-hybridized carbons (Fsp3) is 0.280. The van der Waals surface area contributed by atoms with E-state index in [9.17, 15) is 4.79 Å². The van der Waals surface area contributed by atoms with Crippen LogP contribution in [-0.2, 0) is 4.79 Å². The number of aromatic nitrogens is 4. The Balaban J connectivity index is 1.52. The van der Waals surface area contributed by atoms with Gasteiger partial charge in [-0.3, -0.25) is 9.78 Å².